The normalized spacial score (nSPS) is 10.0. The van der Waals surface area contributed by atoms with Gasteiger partial charge in [-0.2, -0.15) is 0 Å². The van der Waals surface area contributed by atoms with Gasteiger partial charge in [0.1, 0.15) is 0 Å². The van der Waals surface area contributed by atoms with Crippen molar-refractivity contribution in [3.63, 3.8) is 0 Å². The van der Waals surface area contributed by atoms with Gasteiger partial charge in [0.25, 0.3) is 5.91 Å². The molecule has 0 fully saturated rings. The Labute approximate surface area is 104 Å². The Hall–Kier alpha value is -1.84. The van der Waals surface area contributed by atoms with Gasteiger partial charge in [-0.3, -0.25) is 10.0 Å². The van der Waals surface area contributed by atoms with Crippen LogP contribution >= 0.6 is 11.6 Å². The number of hydroxylamine groups is 1. The quantitative estimate of drug-likeness (QED) is 0.633. The van der Waals surface area contributed by atoms with Crippen LogP contribution in [-0.4, -0.2) is 11.1 Å². The molecule has 0 aliphatic carbocycles. The molecule has 0 spiro atoms. The maximum absolute atomic E-state index is 11.1. The van der Waals surface area contributed by atoms with Crippen molar-refractivity contribution < 1.29 is 10.0 Å². The minimum atomic E-state index is -0.525. The molecule has 0 radical (unpaired) electrons. The summed E-state index contributed by atoms with van der Waals surface area (Å²) in [6, 6.07) is 14.3. The Balaban J connectivity index is 2.32. The summed E-state index contributed by atoms with van der Waals surface area (Å²) < 4.78 is 0. The van der Waals surface area contributed by atoms with Crippen molar-refractivity contribution in [2.24, 2.45) is 0 Å². The van der Waals surface area contributed by atoms with E-state index >= 15 is 0 Å². The summed E-state index contributed by atoms with van der Waals surface area (Å²) in [5, 5.41) is 9.16. The van der Waals surface area contributed by atoms with Crippen LogP contribution in [0.15, 0.2) is 48.5 Å². The van der Waals surface area contributed by atoms with Gasteiger partial charge in [-0.25, -0.2) is 5.48 Å². The molecule has 0 atom stereocenters. The molecule has 3 nitrogen and oxygen atoms in total. The minimum absolute atomic E-state index is 0.401. The molecule has 0 saturated carbocycles. The second kappa shape index (κ2) is 4.99. The number of carbonyl (C=O) groups is 1. The topological polar surface area (TPSA) is 49.3 Å². The number of nitrogens with one attached hydrogen (secondary N) is 1. The summed E-state index contributed by atoms with van der Waals surface area (Å²) in [5.41, 5.74) is 3.93. The van der Waals surface area contributed by atoms with E-state index in [4.69, 9.17) is 16.8 Å². The maximum Gasteiger partial charge on any atom is 0.274 e. The lowest BCUT2D eigenvalue weighted by atomic mass is 10.0. The molecule has 2 aromatic rings. The number of halogens is 1. The van der Waals surface area contributed by atoms with Crippen LogP contribution in [-0.2, 0) is 0 Å². The van der Waals surface area contributed by atoms with Gasteiger partial charge in [0.15, 0.2) is 0 Å². The first-order valence-electron chi connectivity index (χ1n) is 5.01. The van der Waals surface area contributed by atoms with Gasteiger partial charge in [-0.15, -0.1) is 0 Å². The monoisotopic (exact) mass is 247 g/mol. The van der Waals surface area contributed by atoms with Gasteiger partial charge in [0.05, 0.1) is 0 Å². The fraction of sp³-hybridized carbons (Fsp3) is 0. The van der Waals surface area contributed by atoms with Gasteiger partial charge in [-0.1, -0.05) is 35.9 Å². The summed E-state index contributed by atoms with van der Waals surface area (Å²) in [7, 11) is 0. The highest BCUT2D eigenvalue weighted by Gasteiger charge is 2.04. The third-order valence-corrected chi connectivity index (χ3v) is 2.64. The van der Waals surface area contributed by atoms with Crippen molar-refractivity contribution in [2.75, 3.05) is 0 Å². The van der Waals surface area contributed by atoms with Crippen LogP contribution in [0.2, 0.25) is 5.02 Å². The molecule has 2 N–H and O–H groups in total. The summed E-state index contributed by atoms with van der Waals surface area (Å²) in [4.78, 5) is 11.1. The van der Waals surface area contributed by atoms with Gasteiger partial charge in [0, 0.05) is 10.6 Å². The standard InChI is InChI=1S/C13H10ClNO2/c14-12-3-1-2-11(8-12)9-4-6-10(7-5-9)13(16)15-17/h1-8,17H,(H,15,16). The van der Waals surface area contributed by atoms with E-state index in [1.807, 2.05) is 18.2 Å². The zero-order valence-corrected chi connectivity index (χ0v) is 9.61. The first kappa shape index (κ1) is 11.6. The zero-order valence-electron chi connectivity index (χ0n) is 8.85. The lowest BCUT2D eigenvalue weighted by Gasteiger charge is -2.03. The molecule has 0 aliphatic heterocycles. The zero-order chi connectivity index (χ0) is 12.3. The molecule has 0 saturated heterocycles. The van der Waals surface area contributed by atoms with Crippen LogP contribution in [0.5, 0.6) is 0 Å². The Kier molecular flexibility index (Phi) is 3.42. The van der Waals surface area contributed by atoms with E-state index in [0.29, 0.717) is 10.6 Å². The predicted molar refractivity (Wildman–Crippen MR) is 66.1 cm³/mol. The van der Waals surface area contributed by atoms with Crippen molar-refractivity contribution in [3.8, 4) is 11.1 Å². The second-order valence-electron chi connectivity index (χ2n) is 3.53. The van der Waals surface area contributed by atoms with Crippen LogP contribution in [0, 0.1) is 0 Å². The second-order valence-corrected chi connectivity index (χ2v) is 3.97. The average Bonchev–Trinajstić information content (AvgIpc) is 2.38. The molecule has 0 heterocycles. The number of hydrogen-bond donors (Lipinski definition) is 2. The third kappa shape index (κ3) is 2.64. The molecule has 2 aromatic carbocycles. The van der Waals surface area contributed by atoms with Crippen LogP contribution < -0.4 is 5.48 Å². The highest BCUT2D eigenvalue weighted by atomic mass is 35.5. The first-order chi connectivity index (χ1) is 8.20. The van der Waals surface area contributed by atoms with Crippen molar-refractivity contribution in [3.05, 3.63) is 59.1 Å². The molecule has 0 bridgehead atoms. The van der Waals surface area contributed by atoms with Crippen molar-refractivity contribution in [2.45, 2.75) is 0 Å². The number of amides is 1. The summed E-state index contributed by atoms with van der Waals surface area (Å²) >= 11 is 5.90. The van der Waals surface area contributed by atoms with Gasteiger partial charge >= 0.3 is 0 Å². The lowest BCUT2D eigenvalue weighted by molar-refractivity contribution is 0.0706. The molecule has 86 valence electrons. The third-order valence-electron chi connectivity index (χ3n) is 2.41. The average molecular weight is 248 g/mol. The fourth-order valence-electron chi connectivity index (χ4n) is 1.55. The Morgan fingerprint density at radius 2 is 1.76 bits per heavy atom. The SMILES string of the molecule is O=C(NO)c1ccc(-c2cccc(Cl)c2)cc1. The molecule has 0 unspecified atom stereocenters. The van der Waals surface area contributed by atoms with Crippen molar-refractivity contribution in [1.82, 2.24) is 5.48 Å². The largest absolute Gasteiger partial charge is 0.288 e. The summed E-state index contributed by atoms with van der Waals surface area (Å²) in [6.07, 6.45) is 0. The smallest absolute Gasteiger partial charge is 0.274 e. The highest BCUT2D eigenvalue weighted by molar-refractivity contribution is 6.30. The Morgan fingerprint density at radius 1 is 1.06 bits per heavy atom. The van der Waals surface area contributed by atoms with Crippen molar-refractivity contribution in [1.29, 1.82) is 0 Å². The van der Waals surface area contributed by atoms with E-state index in [9.17, 15) is 4.79 Å². The van der Waals surface area contributed by atoms with Crippen LogP contribution in [0.3, 0.4) is 0 Å². The first-order valence-corrected chi connectivity index (χ1v) is 5.39. The molecule has 2 rings (SSSR count). The van der Waals surface area contributed by atoms with E-state index in [2.05, 4.69) is 0 Å². The minimum Gasteiger partial charge on any atom is -0.288 e. The van der Waals surface area contributed by atoms with E-state index in [0.717, 1.165) is 11.1 Å². The van der Waals surface area contributed by atoms with Gasteiger partial charge < -0.3 is 0 Å². The molecule has 0 aliphatic rings. The molecular formula is C13H10ClNO2. The highest BCUT2D eigenvalue weighted by Crippen LogP contribution is 2.22. The maximum atomic E-state index is 11.1. The van der Waals surface area contributed by atoms with Crippen LogP contribution in [0.1, 0.15) is 10.4 Å². The summed E-state index contributed by atoms with van der Waals surface area (Å²) in [6.45, 7) is 0. The van der Waals surface area contributed by atoms with E-state index in [1.54, 1.807) is 35.8 Å². The van der Waals surface area contributed by atoms with E-state index in [-0.39, 0.29) is 0 Å². The molecule has 4 heteroatoms. The number of hydrogen-bond acceptors (Lipinski definition) is 2. The van der Waals surface area contributed by atoms with E-state index in [1.165, 1.54) is 0 Å². The Morgan fingerprint density at radius 3 is 2.35 bits per heavy atom. The number of carbonyl (C=O) groups excluding carboxylic acids is 1. The van der Waals surface area contributed by atoms with Gasteiger partial charge in [-0.05, 0) is 35.4 Å². The molecule has 0 aromatic heterocycles. The van der Waals surface area contributed by atoms with Crippen molar-refractivity contribution >= 4 is 17.5 Å². The van der Waals surface area contributed by atoms with Crippen LogP contribution in [0.4, 0.5) is 0 Å². The predicted octanol–water partition coefficient (Wildman–Crippen LogP) is 3.13. The Bertz CT molecular complexity index is 537. The van der Waals surface area contributed by atoms with Crippen LogP contribution in [0.25, 0.3) is 11.1 Å². The summed E-state index contributed by atoms with van der Waals surface area (Å²) in [5.74, 6) is -0.525. The molecule has 1 amide bonds. The number of benzene rings is 2. The van der Waals surface area contributed by atoms with E-state index < -0.39 is 5.91 Å². The fourth-order valence-corrected chi connectivity index (χ4v) is 1.74. The molecular weight excluding hydrogens is 238 g/mol. The lowest BCUT2D eigenvalue weighted by Crippen LogP contribution is -2.18. The molecule has 17 heavy (non-hydrogen) atoms. The van der Waals surface area contributed by atoms with Gasteiger partial charge in [0.2, 0.25) is 0 Å². The number of rotatable bonds is 2.